The van der Waals surface area contributed by atoms with E-state index >= 15 is 0 Å². The van der Waals surface area contributed by atoms with E-state index in [1.807, 2.05) is 6.07 Å². The summed E-state index contributed by atoms with van der Waals surface area (Å²) >= 11 is 3.34. The van der Waals surface area contributed by atoms with Gasteiger partial charge in [-0.05, 0) is 35.9 Å². The van der Waals surface area contributed by atoms with Crippen LogP contribution < -0.4 is 10.5 Å². The van der Waals surface area contributed by atoms with Gasteiger partial charge in [0.2, 0.25) is 0 Å². The van der Waals surface area contributed by atoms with Crippen LogP contribution in [0.4, 0.5) is 13.2 Å². The minimum Gasteiger partial charge on any atom is -0.496 e. The van der Waals surface area contributed by atoms with Crippen molar-refractivity contribution >= 4 is 15.9 Å². The van der Waals surface area contributed by atoms with Crippen LogP contribution in [0.1, 0.15) is 22.7 Å². The van der Waals surface area contributed by atoms with Crippen molar-refractivity contribution in [1.29, 1.82) is 0 Å². The van der Waals surface area contributed by atoms with Gasteiger partial charge in [0, 0.05) is 10.0 Å². The molecule has 0 spiro atoms. The van der Waals surface area contributed by atoms with Gasteiger partial charge in [-0.25, -0.2) is 0 Å². The van der Waals surface area contributed by atoms with Gasteiger partial charge in [0.15, 0.2) is 0 Å². The SMILES string of the molecule is COc1ccc(Br)cc1C(N)c1ccc(C(F)(F)F)cc1. The molecule has 0 bridgehead atoms. The maximum atomic E-state index is 12.6. The number of alkyl halides is 3. The first-order chi connectivity index (χ1) is 9.82. The Kier molecular flexibility index (Phi) is 4.58. The lowest BCUT2D eigenvalue weighted by atomic mass is 9.97. The van der Waals surface area contributed by atoms with Gasteiger partial charge in [-0.2, -0.15) is 13.2 Å². The molecule has 2 nitrogen and oxygen atoms in total. The van der Waals surface area contributed by atoms with Crippen molar-refractivity contribution in [2.45, 2.75) is 12.2 Å². The monoisotopic (exact) mass is 359 g/mol. The highest BCUT2D eigenvalue weighted by molar-refractivity contribution is 9.10. The summed E-state index contributed by atoms with van der Waals surface area (Å²) in [6.45, 7) is 0. The van der Waals surface area contributed by atoms with E-state index in [0.717, 1.165) is 16.6 Å². The van der Waals surface area contributed by atoms with Crippen LogP contribution in [0.25, 0.3) is 0 Å². The van der Waals surface area contributed by atoms with E-state index in [-0.39, 0.29) is 0 Å². The van der Waals surface area contributed by atoms with E-state index in [0.29, 0.717) is 16.9 Å². The van der Waals surface area contributed by atoms with Crippen LogP contribution >= 0.6 is 15.9 Å². The maximum Gasteiger partial charge on any atom is 0.416 e. The third kappa shape index (κ3) is 3.57. The van der Waals surface area contributed by atoms with E-state index < -0.39 is 17.8 Å². The molecule has 6 heteroatoms. The van der Waals surface area contributed by atoms with Crippen molar-refractivity contribution in [3.05, 3.63) is 63.6 Å². The zero-order valence-corrected chi connectivity index (χ0v) is 12.7. The number of hydrogen-bond donors (Lipinski definition) is 1. The highest BCUT2D eigenvalue weighted by Crippen LogP contribution is 2.33. The molecule has 1 atom stereocenters. The van der Waals surface area contributed by atoms with Crippen LogP contribution in [0.2, 0.25) is 0 Å². The Balaban J connectivity index is 2.36. The molecule has 0 aliphatic heterocycles. The van der Waals surface area contributed by atoms with Gasteiger partial charge in [-0.1, -0.05) is 28.1 Å². The molecule has 0 amide bonds. The van der Waals surface area contributed by atoms with Gasteiger partial charge in [0.1, 0.15) is 5.75 Å². The fourth-order valence-corrected chi connectivity index (χ4v) is 2.39. The van der Waals surface area contributed by atoms with Gasteiger partial charge < -0.3 is 10.5 Å². The second-order valence-electron chi connectivity index (χ2n) is 4.48. The molecule has 0 radical (unpaired) electrons. The van der Waals surface area contributed by atoms with Gasteiger partial charge in [0.05, 0.1) is 18.7 Å². The third-order valence-corrected chi connectivity index (χ3v) is 3.62. The van der Waals surface area contributed by atoms with E-state index in [1.54, 1.807) is 12.1 Å². The van der Waals surface area contributed by atoms with Crippen LogP contribution in [-0.4, -0.2) is 7.11 Å². The molecule has 112 valence electrons. The van der Waals surface area contributed by atoms with Gasteiger partial charge in [0.25, 0.3) is 0 Å². The predicted octanol–water partition coefficient (Wildman–Crippen LogP) is 4.52. The minimum absolute atomic E-state index is 0.570. The second-order valence-corrected chi connectivity index (χ2v) is 5.40. The first-order valence-corrected chi connectivity index (χ1v) is 6.88. The van der Waals surface area contributed by atoms with Gasteiger partial charge in [-0.3, -0.25) is 0 Å². The van der Waals surface area contributed by atoms with Crippen molar-refractivity contribution in [3.63, 3.8) is 0 Å². The smallest absolute Gasteiger partial charge is 0.416 e. The number of nitrogens with two attached hydrogens (primary N) is 1. The summed E-state index contributed by atoms with van der Waals surface area (Å²) in [4.78, 5) is 0. The molecule has 2 aromatic carbocycles. The fraction of sp³-hybridized carbons (Fsp3) is 0.200. The van der Waals surface area contributed by atoms with E-state index in [2.05, 4.69) is 15.9 Å². The Labute approximate surface area is 128 Å². The number of hydrogen-bond acceptors (Lipinski definition) is 2. The average Bonchev–Trinajstić information content (AvgIpc) is 2.45. The lowest BCUT2D eigenvalue weighted by Gasteiger charge is -2.17. The first kappa shape index (κ1) is 15.9. The molecule has 0 saturated heterocycles. The molecule has 0 aromatic heterocycles. The average molecular weight is 360 g/mol. The molecule has 1 unspecified atom stereocenters. The highest BCUT2D eigenvalue weighted by Gasteiger charge is 2.30. The molecule has 2 rings (SSSR count). The van der Waals surface area contributed by atoms with Crippen molar-refractivity contribution in [1.82, 2.24) is 0 Å². The lowest BCUT2D eigenvalue weighted by Crippen LogP contribution is -2.14. The summed E-state index contributed by atoms with van der Waals surface area (Å²) in [6.07, 6.45) is -4.35. The van der Waals surface area contributed by atoms with Crippen molar-refractivity contribution in [2.75, 3.05) is 7.11 Å². The zero-order chi connectivity index (χ0) is 15.6. The summed E-state index contributed by atoms with van der Waals surface area (Å²) in [7, 11) is 1.52. The van der Waals surface area contributed by atoms with Crippen molar-refractivity contribution in [2.24, 2.45) is 5.73 Å². The molecular formula is C15H13BrF3NO. The predicted molar refractivity (Wildman–Crippen MR) is 78.2 cm³/mol. The Morgan fingerprint density at radius 2 is 1.71 bits per heavy atom. The summed E-state index contributed by atoms with van der Waals surface area (Å²) in [6, 6.07) is 9.60. The molecule has 0 fully saturated rings. The minimum atomic E-state index is -4.35. The summed E-state index contributed by atoms with van der Waals surface area (Å²) in [5.74, 6) is 0.589. The van der Waals surface area contributed by atoms with E-state index in [1.165, 1.54) is 19.2 Å². The third-order valence-electron chi connectivity index (χ3n) is 3.12. The highest BCUT2D eigenvalue weighted by atomic mass is 79.9. The fourth-order valence-electron chi connectivity index (χ4n) is 2.01. The van der Waals surface area contributed by atoms with Crippen molar-refractivity contribution < 1.29 is 17.9 Å². The molecule has 0 aliphatic rings. The number of benzene rings is 2. The van der Waals surface area contributed by atoms with Crippen molar-refractivity contribution in [3.8, 4) is 5.75 Å². The van der Waals surface area contributed by atoms with E-state index in [9.17, 15) is 13.2 Å². The Bertz CT molecular complexity index is 626. The molecule has 0 saturated carbocycles. The number of halogens is 4. The van der Waals surface area contributed by atoms with Gasteiger partial charge in [-0.15, -0.1) is 0 Å². The molecular weight excluding hydrogens is 347 g/mol. The van der Waals surface area contributed by atoms with Gasteiger partial charge >= 0.3 is 6.18 Å². The number of ether oxygens (including phenoxy) is 1. The van der Waals surface area contributed by atoms with Crippen LogP contribution in [-0.2, 0) is 6.18 Å². The normalized spacial score (nSPS) is 13.0. The number of methoxy groups -OCH3 is 1. The molecule has 2 N–H and O–H groups in total. The Hall–Kier alpha value is -1.53. The largest absolute Gasteiger partial charge is 0.496 e. The maximum absolute atomic E-state index is 12.6. The summed E-state index contributed by atoms with van der Waals surface area (Å²) < 4.78 is 43.7. The summed E-state index contributed by atoms with van der Waals surface area (Å²) in [5.41, 5.74) is 6.73. The standard InChI is InChI=1S/C15H13BrF3NO/c1-21-13-7-6-11(16)8-12(13)14(20)9-2-4-10(5-3-9)15(17,18)19/h2-8,14H,20H2,1H3. The van der Waals surface area contributed by atoms with Crippen LogP contribution in [0.3, 0.4) is 0 Å². The molecule has 0 heterocycles. The molecule has 2 aromatic rings. The topological polar surface area (TPSA) is 35.2 Å². The second kappa shape index (κ2) is 6.07. The first-order valence-electron chi connectivity index (χ1n) is 6.09. The summed E-state index contributed by atoms with van der Waals surface area (Å²) in [5, 5.41) is 0. The zero-order valence-electron chi connectivity index (χ0n) is 11.1. The van der Waals surface area contributed by atoms with Crippen LogP contribution in [0.15, 0.2) is 46.9 Å². The van der Waals surface area contributed by atoms with Crippen LogP contribution in [0.5, 0.6) is 5.75 Å². The Morgan fingerprint density at radius 3 is 2.24 bits per heavy atom. The molecule has 0 aliphatic carbocycles. The lowest BCUT2D eigenvalue weighted by molar-refractivity contribution is -0.137. The quantitative estimate of drug-likeness (QED) is 0.873. The van der Waals surface area contributed by atoms with Crippen LogP contribution in [0, 0.1) is 0 Å². The molecule has 21 heavy (non-hydrogen) atoms. The van der Waals surface area contributed by atoms with E-state index in [4.69, 9.17) is 10.5 Å². The number of rotatable bonds is 3. The Morgan fingerprint density at radius 1 is 1.10 bits per heavy atom.